The van der Waals surface area contributed by atoms with Crippen molar-refractivity contribution in [2.45, 2.75) is 13.0 Å². The second-order valence-electron chi connectivity index (χ2n) is 4.12. The van der Waals surface area contributed by atoms with E-state index in [1.165, 1.54) is 12.1 Å². The molecule has 1 aromatic carbocycles. The lowest BCUT2D eigenvalue weighted by Gasteiger charge is -2.12. The number of carbonyl (C=O) groups excluding carboxylic acids is 1. The molecule has 8 heteroatoms. The summed E-state index contributed by atoms with van der Waals surface area (Å²) in [6.07, 6.45) is 0.970. The number of amides is 1. The lowest BCUT2D eigenvalue weighted by molar-refractivity contribution is -0.389. The van der Waals surface area contributed by atoms with E-state index in [2.05, 4.69) is 15.3 Å². The molecule has 20 heavy (non-hydrogen) atoms. The molecule has 0 spiro atoms. The van der Waals surface area contributed by atoms with Crippen LogP contribution in [0.5, 0.6) is 0 Å². The summed E-state index contributed by atoms with van der Waals surface area (Å²) in [5.74, 6) is -1.45. The first-order valence-corrected chi connectivity index (χ1v) is 5.73. The van der Waals surface area contributed by atoms with Crippen molar-refractivity contribution >= 4 is 11.7 Å². The van der Waals surface area contributed by atoms with Gasteiger partial charge in [0.15, 0.2) is 0 Å². The van der Waals surface area contributed by atoms with Gasteiger partial charge in [0.2, 0.25) is 0 Å². The Hall–Kier alpha value is -2.77. The molecule has 0 fully saturated rings. The molecule has 104 valence electrons. The quantitative estimate of drug-likeness (QED) is 0.659. The molecule has 0 aliphatic rings. The van der Waals surface area contributed by atoms with Gasteiger partial charge in [0.1, 0.15) is 12.0 Å². The summed E-state index contributed by atoms with van der Waals surface area (Å²) in [5.41, 5.74) is 0.709. The molecule has 0 saturated carbocycles. The number of hydrogen-bond acceptors (Lipinski definition) is 4. The van der Waals surface area contributed by atoms with E-state index >= 15 is 0 Å². The molecular formula is C12H11FN4O3. The Labute approximate surface area is 113 Å². The predicted molar refractivity (Wildman–Crippen MR) is 67.5 cm³/mol. The summed E-state index contributed by atoms with van der Waals surface area (Å²) in [4.78, 5) is 27.6. The van der Waals surface area contributed by atoms with Crippen molar-refractivity contribution in [2.75, 3.05) is 0 Å². The molecule has 2 rings (SSSR count). The van der Waals surface area contributed by atoms with Crippen molar-refractivity contribution in [3.05, 3.63) is 57.8 Å². The average molecular weight is 278 g/mol. The zero-order valence-electron chi connectivity index (χ0n) is 10.5. The average Bonchev–Trinajstić information content (AvgIpc) is 2.89. The Morgan fingerprint density at radius 3 is 2.65 bits per heavy atom. The van der Waals surface area contributed by atoms with E-state index in [4.69, 9.17) is 0 Å². The number of carbonyl (C=O) groups is 1. The van der Waals surface area contributed by atoms with Gasteiger partial charge in [0.05, 0.1) is 6.04 Å². The van der Waals surface area contributed by atoms with Crippen LogP contribution in [0.25, 0.3) is 0 Å². The minimum absolute atomic E-state index is 0.148. The van der Waals surface area contributed by atoms with Gasteiger partial charge in [0.25, 0.3) is 5.82 Å². The molecule has 1 atom stereocenters. The molecular weight excluding hydrogens is 267 g/mol. The molecule has 2 N–H and O–H groups in total. The third-order valence-corrected chi connectivity index (χ3v) is 2.69. The van der Waals surface area contributed by atoms with Gasteiger partial charge in [-0.05, 0) is 29.5 Å². The Morgan fingerprint density at radius 2 is 2.10 bits per heavy atom. The standard InChI is InChI=1S/C12H11FN4O3/c1-7(8-2-4-9(13)5-3-8)15-12(18)11-14-6-10(16-11)17(19)20/h2-7H,1H3,(H,14,16)(H,15,18). The van der Waals surface area contributed by atoms with Crippen molar-refractivity contribution in [1.29, 1.82) is 0 Å². The van der Waals surface area contributed by atoms with Gasteiger partial charge in [-0.25, -0.2) is 14.4 Å². The number of benzene rings is 1. The van der Waals surface area contributed by atoms with Crippen molar-refractivity contribution in [1.82, 2.24) is 15.3 Å². The van der Waals surface area contributed by atoms with E-state index in [1.54, 1.807) is 19.1 Å². The molecule has 0 aliphatic heterocycles. The summed E-state index contributed by atoms with van der Waals surface area (Å²) in [5, 5.41) is 13.1. The smallest absolute Gasteiger partial charge is 0.341 e. The largest absolute Gasteiger partial charge is 0.358 e. The third-order valence-electron chi connectivity index (χ3n) is 2.69. The number of nitrogens with one attached hydrogen (secondary N) is 2. The lowest BCUT2D eigenvalue weighted by Crippen LogP contribution is -2.27. The fourth-order valence-electron chi connectivity index (χ4n) is 1.62. The van der Waals surface area contributed by atoms with Crippen LogP contribution in [0.15, 0.2) is 30.5 Å². The first kappa shape index (κ1) is 13.7. The summed E-state index contributed by atoms with van der Waals surface area (Å²) >= 11 is 0. The van der Waals surface area contributed by atoms with E-state index in [-0.39, 0.29) is 23.5 Å². The van der Waals surface area contributed by atoms with Crippen LogP contribution in [-0.4, -0.2) is 20.8 Å². The van der Waals surface area contributed by atoms with E-state index < -0.39 is 10.8 Å². The number of aromatic nitrogens is 2. The maximum atomic E-state index is 12.8. The van der Waals surface area contributed by atoms with E-state index in [0.29, 0.717) is 5.56 Å². The van der Waals surface area contributed by atoms with Crippen LogP contribution in [0.3, 0.4) is 0 Å². The zero-order chi connectivity index (χ0) is 14.7. The SMILES string of the molecule is CC(NC(=O)c1ncc([N+](=O)[O-])[nH]1)c1ccc(F)cc1. The van der Waals surface area contributed by atoms with E-state index in [0.717, 1.165) is 6.20 Å². The first-order valence-electron chi connectivity index (χ1n) is 5.73. The van der Waals surface area contributed by atoms with Gasteiger partial charge in [-0.1, -0.05) is 12.1 Å². The molecule has 0 saturated heterocycles. The minimum atomic E-state index is -0.673. The number of halogens is 1. The summed E-state index contributed by atoms with van der Waals surface area (Å²) in [7, 11) is 0. The van der Waals surface area contributed by atoms with Crippen LogP contribution < -0.4 is 5.32 Å². The molecule has 1 heterocycles. The topological polar surface area (TPSA) is 101 Å². The van der Waals surface area contributed by atoms with Gasteiger partial charge in [-0.2, -0.15) is 0 Å². The maximum absolute atomic E-state index is 12.8. The highest BCUT2D eigenvalue weighted by molar-refractivity contribution is 5.91. The van der Waals surface area contributed by atoms with Gasteiger partial charge >= 0.3 is 11.7 Å². The summed E-state index contributed by atoms with van der Waals surface area (Å²) in [6.45, 7) is 1.71. The van der Waals surface area contributed by atoms with E-state index in [9.17, 15) is 19.3 Å². The van der Waals surface area contributed by atoms with Crippen molar-refractivity contribution in [2.24, 2.45) is 0 Å². The zero-order valence-corrected chi connectivity index (χ0v) is 10.5. The molecule has 1 aromatic heterocycles. The van der Waals surface area contributed by atoms with Crippen LogP contribution in [0.1, 0.15) is 29.1 Å². The minimum Gasteiger partial charge on any atom is -0.358 e. The number of hydrogen-bond donors (Lipinski definition) is 2. The molecule has 0 aliphatic carbocycles. The predicted octanol–water partition coefficient (Wildman–Crippen LogP) is 1.95. The van der Waals surface area contributed by atoms with Gasteiger partial charge < -0.3 is 15.4 Å². The van der Waals surface area contributed by atoms with Crippen LogP contribution in [0.4, 0.5) is 10.2 Å². The first-order chi connectivity index (χ1) is 9.47. The molecule has 1 amide bonds. The molecule has 1 unspecified atom stereocenters. The van der Waals surface area contributed by atoms with Crippen LogP contribution in [0, 0.1) is 15.9 Å². The monoisotopic (exact) mass is 278 g/mol. The highest BCUT2D eigenvalue weighted by Crippen LogP contribution is 2.14. The number of aromatic amines is 1. The number of nitro groups is 1. The van der Waals surface area contributed by atoms with Gasteiger partial charge in [0, 0.05) is 0 Å². The molecule has 7 nitrogen and oxygen atoms in total. The third kappa shape index (κ3) is 2.97. The number of rotatable bonds is 4. The Balaban J connectivity index is 2.06. The Bertz CT molecular complexity index is 638. The van der Waals surface area contributed by atoms with Gasteiger partial charge in [-0.3, -0.25) is 4.79 Å². The lowest BCUT2D eigenvalue weighted by atomic mass is 10.1. The fourth-order valence-corrected chi connectivity index (χ4v) is 1.62. The van der Waals surface area contributed by atoms with E-state index in [1.807, 2.05) is 0 Å². The van der Waals surface area contributed by atoms with Crippen molar-refractivity contribution in [3.63, 3.8) is 0 Å². The van der Waals surface area contributed by atoms with Crippen molar-refractivity contribution in [3.8, 4) is 0 Å². The van der Waals surface area contributed by atoms with Gasteiger partial charge in [-0.15, -0.1) is 0 Å². The van der Waals surface area contributed by atoms with Crippen LogP contribution in [-0.2, 0) is 0 Å². The highest BCUT2D eigenvalue weighted by atomic mass is 19.1. The maximum Gasteiger partial charge on any atom is 0.341 e. The molecule has 0 bridgehead atoms. The Morgan fingerprint density at radius 1 is 1.45 bits per heavy atom. The fraction of sp³-hybridized carbons (Fsp3) is 0.167. The Kier molecular flexibility index (Phi) is 3.74. The van der Waals surface area contributed by atoms with Crippen molar-refractivity contribution < 1.29 is 14.1 Å². The summed E-state index contributed by atoms with van der Waals surface area (Å²) in [6, 6.07) is 5.29. The number of imidazole rings is 1. The van der Waals surface area contributed by atoms with Crippen LogP contribution >= 0.6 is 0 Å². The highest BCUT2D eigenvalue weighted by Gasteiger charge is 2.19. The molecule has 0 radical (unpaired) electrons. The number of nitrogens with zero attached hydrogens (tertiary/aromatic N) is 2. The second kappa shape index (κ2) is 5.47. The molecule has 2 aromatic rings. The normalized spacial score (nSPS) is 11.9. The van der Waals surface area contributed by atoms with Crippen LogP contribution in [0.2, 0.25) is 0 Å². The number of H-pyrrole nitrogens is 1. The second-order valence-corrected chi connectivity index (χ2v) is 4.12. The summed E-state index contributed by atoms with van der Waals surface area (Å²) < 4.78 is 12.8.